The summed E-state index contributed by atoms with van der Waals surface area (Å²) in [5.41, 5.74) is 3.03. The van der Waals surface area contributed by atoms with Crippen LogP contribution in [0.3, 0.4) is 0 Å². The van der Waals surface area contributed by atoms with Crippen molar-refractivity contribution >= 4 is 23.1 Å². The van der Waals surface area contributed by atoms with E-state index in [2.05, 4.69) is 15.4 Å². The van der Waals surface area contributed by atoms with Gasteiger partial charge >= 0.3 is 6.18 Å². The van der Waals surface area contributed by atoms with Crippen LogP contribution in [0, 0.1) is 18.7 Å². The maximum Gasteiger partial charge on any atom is 0.418 e. The molecule has 2 atom stereocenters. The number of benzene rings is 1. The summed E-state index contributed by atoms with van der Waals surface area (Å²) in [6, 6.07) is 1.42. The van der Waals surface area contributed by atoms with Crippen LogP contribution in [0.25, 0.3) is 16.8 Å². The zero-order valence-corrected chi connectivity index (χ0v) is 20.2. The minimum absolute atomic E-state index is 0.109. The lowest BCUT2D eigenvalue weighted by atomic mass is 9.80. The van der Waals surface area contributed by atoms with Crippen molar-refractivity contribution in [1.29, 1.82) is 0 Å². The second kappa shape index (κ2) is 9.09. The van der Waals surface area contributed by atoms with Gasteiger partial charge in [-0.2, -0.15) is 18.3 Å². The maximum atomic E-state index is 15.0. The van der Waals surface area contributed by atoms with Crippen LogP contribution >= 0.6 is 0 Å². The smallest absolute Gasteiger partial charge is 0.382 e. The highest BCUT2D eigenvalue weighted by Gasteiger charge is 2.51. The van der Waals surface area contributed by atoms with E-state index in [4.69, 9.17) is 5.73 Å². The number of carbonyl (C=O) groups excluding carboxylic acids is 2. The number of hydrogen-bond donors (Lipinski definition) is 2. The van der Waals surface area contributed by atoms with Gasteiger partial charge in [-0.15, -0.1) is 0 Å². The lowest BCUT2D eigenvalue weighted by Crippen LogP contribution is -2.47. The van der Waals surface area contributed by atoms with Crippen LogP contribution in [0.1, 0.15) is 34.3 Å². The van der Waals surface area contributed by atoms with E-state index in [-0.39, 0.29) is 23.4 Å². The average Bonchev–Trinajstić information content (AvgIpc) is 3.39. The molecule has 1 saturated carbocycles. The number of carbonyl (C=O) groups is 2. The summed E-state index contributed by atoms with van der Waals surface area (Å²) in [6.07, 6.45) is -6.90. The molecule has 2 fully saturated rings. The summed E-state index contributed by atoms with van der Waals surface area (Å²) in [5.74, 6) is -6.77. The van der Waals surface area contributed by atoms with E-state index in [0.717, 1.165) is 27.9 Å². The van der Waals surface area contributed by atoms with Crippen molar-refractivity contribution in [2.24, 2.45) is 5.92 Å². The number of nitrogens with zero attached hydrogens (tertiary/aromatic N) is 4. The molecule has 1 aliphatic heterocycles. The van der Waals surface area contributed by atoms with E-state index in [1.165, 1.54) is 6.92 Å². The number of halogens is 7. The van der Waals surface area contributed by atoms with Crippen LogP contribution in [0.5, 0.6) is 0 Å². The van der Waals surface area contributed by atoms with Gasteiger partial charge in [-0.25, -0.2) is 27.1 Å². The molecule has 1 aromatic carbocycles. The van der Waals surface area contributed by atoms with Gasteiger partial charge < -0.3 is 16.0 Å². The molecular weight excluding hydrogens is 537 g/mol. The average molecular weight is 558 g/mol. The van der Waals surface area contributed by atoms with Gasteiger partial charge in [0.15, 0.2) is 5.82 Å². The summed E-state index contributed by atoms with van der Waals surface area (Å²) < 4.78 is 97.8. The Kier molecular flexibility index (Phi) is 6.22. The number of nitrogen functional groups attached to an aromatic ring is 1. The molecule has 0 spiro atoms. The van der Waals surface area contributed by atoms with Crippen molar-refractivity contribution < 1.29 is 40.3 Å². The van der Waals surface area contributed by atoms with Gasteiger partial charge in [0.2, 0.25) is 11.8 Å². The van der Waals surface area contributed by atoms with E-state index < -0.39 is 89.7 Å². The van der Waals surface area contributed by atoms with E-state index in [1.54, 1.807) is 0 Å². The van der Waals surface area contributed by atoms with E-state index in [0.29, 0.717) is 6.07 Å². The zero-order chi connectivity index (χ0) is 28.4. The molecular formula is C24H21F7N6O2. The fourth-order valence-electron chi connectivity index (χ4n) is 5.01. The normalized spacial score (nSPS) is 21.3. The number of aromatic nitrogens is 3. The van der Waals surface area contributed by atoms with Crippen LogP contribution in [0.2, 0.25) is 0 Å². The van der Waals surface area contributed by atoms with Crippen LogP contribution in [-0.2, 0) is 11.0 Å². The topological polar surface area (TPSA) is 106 Å². The summed E-state index contributed by atoms with van der Waals surface area (Å²) in [6.45, 7) is 0.736. The van der Waals surface area contributed by atoms with Gasteiger partial charge in [0.1, 0.15) is 23.8 Å². The Morgan fingerprint density at radius 2 is 1.85 bits per heavy atom. The second-order valence-corrected chi connectivity index (χ2v) is 9.79. The first kappa shape index (κ1) is 26.7. The Bertz CT molecular complexity index is 1480. The monoisotopic (exact) mass is 558 g/mol. The molecule has 1 aliphatic carbocycles. The minimum atomic E-state index is -4.87. The molecule has 5 rings (SSSR count). The molecule has 2 aliphatic rings. The number of fused-ring (bicyclic) bond motifs is 1. The van der Waals surface area contributed by atoms with Gasteiger partial charge in [0, 0.05) is 36.4 Å². The third kappa shape index (κ3) is 4.74. The summed E-state index contributed by atoms with van der Waals surface area (Å²) in [7, 11) is 0. The SMILES string of the molecule is Cc1cc(F)c(-c2cc(C(F)(F)F)c3c(N)ncnn23)cc1C(=O)N[C@@H]1CN(C(=O)C2CC(F)(F)C2)C[C@@H]1F. The molecule has 0 radical (unpaired) electrons. The Labute approximate surface area is 216 Å². The number of rotatable bonds is 4. The third-order valence-corrected chi connectivity index (χ3v) is 7.04. The Hall–Kier alpha value is -3.91. The van der Waals surface area contributed by atoms with Crippen molar-refractivity contribution in [2.75, 3.05) is 18.8 Å². The van der Waals surface area contributed by atoms with Crippen molar-refractivity contribution in [2.45, 2.75) is 44.1 Å². The predicted molar refractivity (Wildman–Crippen MR) is 123 cm³/mol. The summed E-state index contributed by atoms with van der Waals surface area (Å²) >= 11 is 0. The van der Waals surface area contributed by atoms with Crippen LogP contribution in [0.4, 0.5) is 36.6 Å². The van der Waals surface area contributed by atoms with Gasteiger partial charge in [-0.3, -0.25) is 9.59 Å². The van der Waals surface area contributed by atoms with Crippen LogP contribution in [0.15, 0.2) is 24.5 Å². The lowest BCUT2D eigenvalue weighted by Gasteiger charge is -2.36. The Balaban J connectivity index is 1.42. The Morgan fingerprint density at radius 3 is 2.49 bits per heavy atom. The number of amides is 2. The molecule has 2 amide bonds. The van der Waals surface area contributed by atoms with Crippen molar-refractivity contribution in [3.63, 3.8) is 0 Å². The predicted octanol–water partition coefficient (Wildman–Crippen LogP) is 3.77. The van der Waals surface area contributed by atoms with Crippen LogP contribution < -0.4 is 11.1 Å². The third-order valence-electron chi connectivity index (χ3n) is 7.04. The first-order valence-electron chi connectivity index (χ1n) is 11.8. The first-order chi connectivity index (χ1) is 18.2. The second-order valence-electron chi connectivity index (χ2n) is 9.79. The standard InChI is InChI=1S/C24H21F7N6O2/c1-10-2-15(25)13(18-4-14(24(29,30)31)19-20(32)33-9-34-37(18)19)3-12(10)21(38)35-17-8-36(7-16(17)26)22(39)11-5-23(27,28)6-11/h2-4,9,11,16-17H,5-8H2,1H3,(H,35,38)(H2,32,33,34)/t16-,17+/m0/s1. The molecule has 39 heavy (non-hydrogen) atoms. The molecule has 3 heterocycles. The molecule has 208 valence electrons. The number of nitrogens with one attached hydrogen (secondary N) is 1. The largest absolute Gasteiger partial charge is 0.418 e. The number of alkyl halides is 6. The molecule has 8 nitrogen and oxygen atoms in total. The number of anilines is 1. The number of likely N-dealkylation sites (tertiary alicyclic amines) is 1. The van der Waals surface area contributed by atoms with Crippen LogP contribution in [-0.4, -0.2) is 62.5 Å². The zero-order valence-electron chi connectivity index (χ0n) is 20.2. The molecule has 1 saturated heterocycles. The minimum Gasteiger partial charge on any atom is -0.382 e. The van der Waals surface area contributed by atoms with Crippen molar-refractivity contribution in [1.82, 2.24) is 24.8 Å². The molecule has 15 heteroatoms. The van der Waals surface area contributed by atoms with E-state index >= 15 is 4.39 Å². The number of hydrogen-bond acceptors (Lipinski definition) is 5. The van der Waals surface area contributed by atoms with Gasteiger partial charge in [-0.1, -0.05) is 0 Å². The highest BCUT2D eigenvalue weighted by Crippen LogP contribution is 2.44. The summed E-state index contributed by atoms with van der Waals surface area (Å²) in [4.78, 5) is 30.1. The fraction of sp³-hybridized carbons (Fsp3) is 0.417. The first-order valence-corrected chi connectivity index (χ1v) is 11.8. The van der Waals surface area contributed by atoms with E-state index in [9.17, 15) is 35.9 Å². The van der Waals surface area contributed by atoms with Crippen molar-refractivity contribution in [3.8, 4) is 11.3 Å². The highest BCUT2D eigenvalue weighted by atomic mass is 19.4. The number of aryl methyl sites for hydroxylation is 1. The molecule has 3 N–H and O–H groups in total. The van der Waals surface area contributed by atoms with E-state index in [1.807, 2.05) is 0 Å². The molecule has 0 unspecified atom stereocenters. The Morgan fingerprint density at radius 1 is 1.15 bits per heavy atom. The molecule has 3 aromatic rings. The lowest BCUT2D eigenvalue weighted by molar-refractivity contribution is -0.159. The van der Waals surface area contributed by atoms with Gasteiger partial charge in [0.05, 0.1) is 23.8 Å². The highest BCUT2D eigenvalue weighted by molar-refractivity contribution is 5.97. The van der Waals surface area contributed by atoms with Gasteiger partial charge in [-0.05, 0) is 30.7 Å². The summed E-state index contributed by atoms with van der Waals surface area (Å²) in [5, 5.41) is 6.19. The van der Waals surface area contributed by atoms with Gasteiger partial charge in [0.25, 0.3) is 5.91 Å². The number of nitrogens with two attached hydrogens (primary N) is 1. The maximum absolute atomic E-state index is 15.0. The molecule has 0 bridgehead atoms. The molecule has 2 aromatic heterocycles. The fourth-order valence-corrected chi connectivity index (χ4v) is 5.01. The van der Waals surface area contributed by atoms with Crippen molar-refractivity contribution in [3.05, 3.63) is 47.0 Å². The quantitative estimate of drug-likeness (QED) is 0.475.